The van der Waals surface area contributed by atoms with Gasteiger partial charge in [0.25, 0.3) is 0 Å². The van der Waals surface area contributed by atoms with E-state index in [4.69, 9.17) is 4.74 Å². The number of hydrogen-bond acceptors (Lipinski definition) is 3. The van der Waals surface area contributed by atoms with E-state index in [1.54, 1.807) is 20.8 Å². The number of hydrogen-bond donors (Lipinski definition) is 0. The number of rotatable bonds is 1. The summed E-state index contributed by atoms with van der Waals surface area (Å²) in [4.78, 5) is 0. The molecule has 20 heavy (non-hydrogen) atoms. The molecule has 2 atom stereocenters. The summed E-state index contributed by atoms with van der Waals surface area (Å²) in [5.41, 5.74) is 0.188. The molecule has 0 saturated carbocycles. The third kappa shape index (κ3) is 2.99. The molecule has 0 amide bonds. The predicted molar refractivity (Wildman–Crippen MR) is 78.9 cm³/mol. The van der Waals surface area contributed by atoms with Crippen molar-refractivity contribution in [2.45, 2.75) is 31.7 Å². The van der Waals surface area contributed by atoms with Crippen LogP contribution < -0.4 is 4.74 Å². The number of halogens is 3. The topological polar surface area (TPSA) is 44.7 Å². The number of nitrogens with zero attached hydrogens (tertiary/aromatic N) is 1. The monoisotopic (exact) mass is 365 g/mol. The molecule has 7 heteroatoms. The Labute approximate surface area is 127 Å². The number of ether oxygens (including phenoxy) is 1. The molecule has 0 saturated heterocycles. The van der Waals surface area contributed by atoms with Crippen molar-refractivity contribution in [1.29, 1.82) is 0 Å². The summed E-state index contributed by atoms with van der Waals surface area (Å²) in [6.45, 7) is 4.88. The molecule has 110 valence electrons. The average Bonchev–Trinajstić information content (AvgIpc) is 2.35. The summed E-state index contributed by atoms with van der Waals surface area (Å²) < 4.78 is 48.6. The molecule has 1 aliphatic rings. The maximum atomic E-state index is 14.0. The first kappa shape index (κ1) is 15.7. The van der Waals surface area contributed by atoms with Crippen molar-refractivity contribution in [3.63, 3.8) is 0 Å². The first-order valence-corrected chi connectivity index (χ1v) is 7.87. The Balaban J connectivity index is 2.51. The standard InChI is InChI=1S/C13H14BrF2NO2S/c1-13(2,3)20(18)17-11-7-4-5-8(14)10(16)12(7)19-6-9(11)15/h4-5,9H,6H2,1-3H3/t9-,20?/m0/s1. The van der Waals surface area contributed by atoms with Crippen LogP contribution in [-0.4, -0.2) is 27.8 Å². The molecular formula is C13H14BrF2NO2S. The fraction of sp³-hybridized carbons (Fsp3) is 0.462. The Kier molecular flexibility index (Phi) is 4.41. The smallest absolute Gasteiger partial charge is 0.181 e. The van der Waals surface area contributed by atoms with E-state index in [-0.39, 0.29) is 28.1 Å². The van der Waals surface area contributed by atoms with E-state index < -0.39 is 28.1 Å². The minimum Gasteiger partial charge on any atom is -0.591 e. The fourth-order valence-corrected chi connectivity index (χ4v) is 2.59. The molecule has 0 radical (unpaired) electrons. The highest BCUT2D eigenvalue weighted by Crippen LogP contribution is 2.34. The van der Waals surface area contributed by atoms with Crippen molar-refractivity contribution >= 4 is 33.0 Å². The van der Waals surface area contributed by atoms with E-state index in [1.807, 2.05) is 0 Å². The molecule has 1 aliphatic heterocycles. The average molecular weight is 366 g/mol. The van der Waals surface area contributed by atoms with Gasteiger partial charge in [-0.3, -0.25) is 0 Å². The Bertz CT molecular complexity index is 560. The molecule has 0 spiro atoms. The van der Waals surface area contributed by atoms with Crippen LogP contribution in [-0.2, 0) is 11.4 Å². The fourth-order valence-electron chi connectivity index (χ4n) is 1.61. The van der Waals surface area contributed by atoms with Crippen molar-refractivity contribution in [3.8, 4) is 5.75 Å². The van der Waals surface area contributed by atoms with Crippen LogP contribution in [0.25, 0.3) is 0 Å². The lowest BCUT2D eigenvalue weighted by atomic mass is 10.0. The lowest BCUT2D eigenvalue weighted by Gasteiger charge is -2.24. The predicted octanol–water partition coefficient (Wildman–Crippen LogP) is 3.57. The third-order valence-corrected chi connectivity index (χ3v) is 4.72. The van der Waals surface area contributed by atoms with E-state index >= 15 is 0 Å². The summed E-state index contributed by atoms with van der Waals surface area (Å²) in [6, 6.07) is 2.96. The Morgan fingerprint density at radius 3 is 2.70 bits per heavy atom. The van der Waals surface area contributed by atoms with Gasteiger partial charge >= 0.3 is 0 Å². The van der Waals surface area contributed by atoms with Crippen LogP contribution in [0.3, 0.4) is 0 Å². The second-order valence-electron chi connectivity index (χ2n) is 5.35. The van der Waals surface area contributed by atoms with Crippen LogP contribution in [0.15, 0.2) is 21.0 Å². The second kappa shape index (κ2) is 5.61. The third-order valence-electron chi connectivity index (χ3n) is 2.70. The SMILES string of the molecule is CC(C)(C)[S+]([O-])N=C1c2ccc(Br)c(F)c2OC[C@@H]1F. The summed E-state index contributed by atoms with van der Waals surface area (Å²) in [7, 11) is 0. The highest BCUT2D eigenvalue weighted by Gasteiger charge is 2.35. The molecule has 0 aliphatic carbocycles. The number of benzene rings is 1. The van der Waals surface area contributed by atoms with Crippen molar-refractivity contribution in [1.82, 2.24) is 0 Å². The summed E-state index contributed by atoms with van der Waals surface area (Å²) >= 11 is 1.43. The van der Waals surface area contributed by atoms with Crippen LogP contribution in [0.5, 0.6) is 5.75 Å². The van der Waals surface area contributed by atoms with E-state index in [2.05, 4.69) is 20.3 Å². The molecule has 0 fully saturated rings. The van der Waals surface area contributed by atoms with Gasteiger partial charge in [-0.1, -0.05) is 4.40 Å². The molecule has 2 rings (SSSR count). The Hall–Kier alpha value is -0.660. The van der Waals surface area contributed by atoms with Gasteiger partial charge < -0.3 is 9.29 Å². The largest absolute Gasteiger partial charge is 0.591 e. The van der Waals surface area contributed by atoms with Gasteiger partial charge in [0.15, 0.2) is 17.7 Å². The van der Waals surface area contributed by atoms with Gasteiger partial charge in [0.2, 0.25) is 0 Å². The van der Waals surface area contributed by atoms with Gasteiger partial charge in [-0.2, -0.15) is 0 Å². The van der Waals surface area contributed by atoms with E-state index in [9.17, 15) is 13.3 Å². The quantitative estimate of drug-likeness (QED) is 0.714. The summed E-state index contributed by atoms with van der Waals surface area (Å²) in [5.74, 6) is -0.665. The zero-order chi connectivity index (χ0) is 15.1. The van der Waals surface area contributed by atoms with Crippen LogP contribution >= 0.6 is 15.9 Å². The van der Waals surface area contributed by atoms with Crippen LogP contribution in [0.4, 0.5) is 8.78 Å². The molecule has 0 bridgehead atoms. The maximum absolute atomic E-state index is 14.0. The molecular weight excluding hydrogens is 352 g/mol. The van der Waals surface area contributed by atoms with E-state index in [1.165, 1.54) is 12.1 Å². The molecule has 3 nitrogen and oxygen atoms in total. The van der Waals surface area contributed by atoms with Crippen molar-refractivity contribution in [2.24, 2.45) is 4.40 Å². The van der Waals surface area contributed by atoms with Gasteiger partial charge in [-0.05, 0) is 48.8 Å². The summed E-state index contributed by atoms with van der Waals surface area (Å²) in [5, 5.41) is 0. The lowest BCUT2D eigenvalue weighted by Crippen LogP contribution is -2.34. The van der Waals surface area contributed by atoms with E-state index in [0.29, 0.717) is 0 Å². The van der Waals surface area contributed by atoms with Crippen molar-refractivity contribution in [2.75, 3.05) is 6.61 Å². The van der Waals surface area contributed by atoms with Crippen LogP contribution in [0.2, 0.25) is 0 Å². The zero-order valence-electron chi connectivity index (χ0n) is 11.2. The van der Waals surface area contributed by atoms with Gasteiger partial charge in [-0.15, -0.1) is 0 Å². The lowest BCUT2D eigenvalue weighted by molar-refractivity contribution is 0.222. The minimum absolute atomic E-state index is 0.0223. The first-order chi connectivity index (χ1) is 9.21. The first-order valence-electron chi connectivity index (χ1n) is 5.97. The summed E-state index contributed by atoms with van der Waals surface area (Å²) in [6.07, 6.45) is -1.52. The van der Waals surface area contributed by atoms with Gasteiger partial charge in [0.1, 0.15) is 28.4 Å². The van der Waals surface area contributed by atoms with Gasteiger partial charge in [0.05, 0.1) is 4.47 Å². The molecule has 0 N–H and O–H groups in total. The van der Waals surface area contributed by atoms with E-state index in [0.717, 1.165) is 0 Å². The number of fused-ring (bicyclic) bond motifs is 1. The molecule has 1 aromatic rings. The highest BCUT2D eigenvalue weighted by atomic mass is 79.9. The Morgan fingerprint density at radius 2 is 2.10 bits per heavy atom. The molecule has 0 aromatic heterocycles. The highest BCUT2D eigenvalue weighted by molar-refractivity contribution is 9.10. The second-order valence-corrected chi connectivity index (χ2v) is 8.11. The van der Waals surface area contributed by atoms with Crippen LogP contribution in [0, 0.1) is 5.82 Å². The normalized spacial score (nSPS) is 22.4. The minimum atomic E-state index is -1.62. The van der Waals surface area contributed by atoms with Crippen molar-refractivity contribution in [3.05, 3.63) is 28.0 Å². The van der Waals surface area contributed by atoms with Gasteiger partial charge in [-0.25, -0.2) is 8.78 Å². The van der Waals surface area contributed by atoms with Crippen LogP contribution in [0.1, 0.15) is 26.3 Å². The zero-order valence-corrected chi connectivity index (χ0v) is 13.6. The molecule has 1 unspecified atom stereocenters. The number of alkyl halides is 1. The molecule has 1 aromatic carbocycles. The maximum Gasteiger partial charge on any atom is 0.181 e. The van der Waals surface area contributed by atoms with Crippen molar-refractivity contribution < 1.29 is 18.1 Å². The Morgan fingerprint density at radius 1 is 1.45 bits per heavy atom. The van der Waals surface area contributed by atoms with Gasteiger partial charge in [0, 0.05) is 5.56 Å². The molecule has 1 heterocycles.